The van der Waals surface area contributed by atoms with Gasteiger partial charge in [0.1, 0.15) is 0 Å². The molecule has 0 aliphatic carbocycles. The van der Waals surface area contributed by atoms with Crippen molar-refractivity contribution in [3.05, 3.63) is 0 Å². The molecule has 3 nitrogen and oxygen atoms in total. The molecule has 0 aromatic heterocycles. The Hall–Kier alpha value is 0.310. The topological polar surface area (TPSA) is 38.7 Å². The number of hydrogen-bond acceptors (Lipinski definition) is 3. The Balaban J connectivity index is 5.20. The van der Waals surface area contributed by atoms with Gasteiger partial charge in [0.25, 0.3) is 0 Å². The molecule has 0 aliphatic rings. The average Bonchev–Trinajstić information content (AvgIpc) is 1.98. The minimum atomic E-state index is -3.49. The molecule has 1 N–H and O–H groups in total. The summed E-state index contributed by atoms with van der Waals surface area (Å²) in [5, 5.41) is 0. The molecule has 0 aliphatic heterocycles. The molecule has 0 spiro atoms. The summed E-state index contributed by atoms with van der Waals surface area (Å²) in [7, 11) is -3.49. The van der Waals surface area contributed by atoms with Crippen LogP contribution in [0.5, 0.6) is 0 Å². The van der Waals surface area contributed by atoms with Crippen LogP contribution in [0.2, 0.25) is 0 Å². The van der Waals surface area contributed by atoms with Crippen molar-refractivity contribution >= 4 is 7.28 Å². The van der Waals surface area contributed by atoms with Crippen LogP contribution in [0.3, 0.4) is 0 Å². The monoisotopic (exact) mass is 252 g/mol. The van der Waals surface area contributed by atoms with E-state index in [1.54, 1.807) is 0 Å². The number of hydrogen-bond donors (Lipinski definition) is 1. The summed E-state index contributed by atoms with van der Waals surface area (Å²) in [5.74, 6) is 0. The molecule has 4 heteroatoms. The predicted octanol–water partition coefficient (Wildman–Crippen LogP) is 3.95. The van der Waals surface area contributed by atoms with E-state index in [4.69, 9.17) is 9.05 Å². The predicted molar refractivity (Wildman–Crippen MR) is 71.9 cm³/mol. The molecule has 0 aromatic carbocycles. The van der Waals surface area contributed by atoms with Crippen molar-refractivity contribution in [3.63, 3.8) is 0 Å². The first kappa shape index (κ1) is 16.3. The van der Waals surface area contributed by atoms with Gasteiger partial charge in [0.15, 0.2) is 0 Å². The Labute approximate surface area is 101 Å². The van der Waals surface area contributed by atoms with Gasteiger partial charge < -0.3 is 0 Å². The second-order valence-corrected chi connectivity index (χ2v) is 10.5. The molecule has 0 fully saturated rings. The second-order valence-electron chi connectivity index (χ2n) is 6.30. The van der Waals surface area contributed by atoms with Gasteiger partial charge in [-0.3, -0.25) is 0 Å². The Bertz CT molecular complexity index is 214. The van der Waals surface area contributed by atoms with E-state index in [2.05, 4.69) is 0 Å². The molecular formula is C12H29O3P. The fourth-order valence-corrected chi connectivity index (χ4v) is 5.23. The molecule has 0 atom stereocenters. The maximum absolute atomic E-state index is 10.9. The van der Waals surface area contributed by atoms with E-state index in [1.165, 1.54) is 0 Å². The molecule has 0 saturated carbocycles. The molecule has 0 rings (SSSR count). The van der Waals surface area contributed by atoms with Crippen LogP contribution in [0.15, 0.2) is 0 Å². The molecular weight excluding hydrogens is 223 g/mol. The SMILES string of the molecule is CCP(O)(CC)(OC(C)(C)C)OC(C)(C)C. The summed E-state index contributed by atoms with van der Waals surface area (Å²) in [5.41, 5.74) is -0.798. The molecule has 0 radical (unpaired) electrons. The van der Waals surface area contributed by atoms with Gasteiger partial charge >= 0.3 is 100 Å². The van der Waals surface area contributed by atoms with Crippen LogP contribution >= 0.6 is 7.28 Å². The van der Waals surface area contributed by atoms with Crippen LogP contribution in [0.25, 0.3) is 0 Å². The molecule has 100 valence electrons. The van der Waals surface area contributed by atoms with Crippen LogP contribution in [0.1, 0.15) is 55.4 Å². The van der Waals surface area contributed by atoms with Gasteiger partial charge in [-0.05, 0) is 0 Å². The van der Waals surface area contributed by atoms with Gasteiger partial charge in [0.05, 0.1) is 0 Å². The van der Waals surface area contributed by atoms with Crippen LogP contribution in [0, 0.1) is 0 Å². The summed E-state index contributed by atoms with van der Waals surface area (Å²) in [6, 6.07) is 0. The minimum absolute atomic E-state index is 0.399. The molecule has 0 amide bonds. The van der Waals surface area contributed by atoms with E-state index in [-0.39, 0.29) is 0 Å². The standard InChI is InChI=1S/C12H29O3P/c1-9-16(13,10-2,14-11(3,4)5)15-12(6,7)8/h13H,9-10H2,1-8H3. The third-order valence-corrected chi connectivity index (χ3v) is 6.63. The first-order chi connectivity index (χ1) is 6.83. The van der Waals surface area contributed by atoms with E-state index >= 15 is 0 Å². The summed E-state index contributed by atoms with van der Waals surface area (Å²) in [6.07, 6.45) is 1.05. The summed E-state index contributed by atoms with van der Waals surface area (Å²) in [6.45, 7) is 15.5. The van der Waals surface area contributed by atoms with Crippen LogP contribution in [-0.4, -0.2) is 28.4 Å². The van der Waals surface area contributed by atoms with Crippen molar-refractivity contribution in [2.24, 2.45) is 0 Å². The van der Waals surface area contributed by atoms with Gasteiger partial charge in [-0.1, -0.05) is 0 Å². The Morgan fingerprint density at radius 1 is 0.812 bits per heavy atom. The zero-order valence-corrected chi connectivity index (χ0v) is 13.0. The van der Waals surface area contributed by atoms with Gasteiger partial charge in [0.2, 0.25) is 0 Å². The van der Waals surface area contributed by atoms with E-state index in [1.807, 2.05) is 55.4 Å². The Kier molecular flexibility index (Phi) is 4.62. The first-order valence-corrected chi connectivity index (χ1v) is 8.42. The van der Waals surface area contributed by atoms with E-state index in [9.17, 15) is 4.89 Å². The number of rotatable bonds is 4. The molecule has 0 heterocycles. The molecule has 16 heavy (non-hydrogen) atoms. The van der Waals surface area contributed by atoms with E-state index in [0.717, 1.165) is 0 Å². The second kappa shape index (κ2) is 4.53. The summed E-state index contributed by atoms with van der Waals surface area (Å²) in [4.78, 5) is 10.9. The zero-order chi connectivity index (χ0) is 13.3. The quantitative estimate of drug-likeness (QED) is 0.770. The Morgan fingerprint density at radius 2 is 1.06 bits per heavy atom. The summed E-state index contributed by atoms with van der Waals surface area (Å²) >= 11 is 0. The normalized spacial score (nSPS) is 16.9. The zero-order valence-electron chi connectivity index (χ0n) is 12.1. The van der Waals surface area contributed by atoms with Crippen molar-refractivity contribution in [1.29, 1.82) is 0 Å². The molecule has 0 bridgehead atoms. The van der Waals surface area contributed by atoms with Gasteiger partial charge in [0, 0.05) is 0 Å². The average molecular weight is 252 g/mol. The van der Waals surface area contributed by atoms with Crippen LogP contribution in [0.4, 0.5) is 0 Å². The van der Waals surface area contributed by atoms with Crippen molar-refractivity contribution < 1.29 is 13.9 Å². The van der Waals surface area contributed by atoms with Gasteiger partial charge in [-0.15, -0.1) is 0 Å². The van der Waals surface area contributed by atoms with E-state index < -0.39 is 18.5 Å². The maximum atomic E-state index is 10.9. The Morgan fingerprint density at radius 3 is 1.19 bits per heavy atom. The summed E-state index contributed by atoms with van der Waals surface area (Å²) < 4.78 is 11.9. The fraction of sp³-hybridized carbons (Fsp3) is 1.00. The van der Waals surface area contributed by atoms with Crippen LogP contribution in [-0.2, 0) is 9.05 Å². The van der Waals surface area contributed by atoms with E-state index in [0.29, 0.717) is 12.3 Å². The van der Waals surface area contributed by atoms with Crippen molar-refractivity contribution in [3.8, 4) is 0 Å². The molecule has 0 saturated heterocycles. The van der Waals surface area contributed by atoms with Crippen LogP contribution < -0.4 is 0 Å². The molecule has 0 unspecified atom stereocenters. The third kappa shape index (κ3) is 5.09. The third-order valence-electron chi connectivity index (χ3n) is 2.21. The van der Waals surface area contributed by atoms with Crippen molar-refractivity contribution in [2.45, 2.75) is 66.6 Å². The van der Waals surface area contributed by atoms with Gasteiger partial charge in [-0.2, -0.15) is 0 Å². The van der Waals surface area contributed by atoms with Crippen molar-refractivity contribution in [2.75, 3.05) is 12.3 Å². The molecule has 0 aromatic rings. The van der Waals surface area contributed by atoms with Crippen molar-refractivity contribution in [1.82, 2.24) is 0 Å². The fourth-order valence-electron chi connectivity index (χ4n) is 1.74. The first-order valence-electron chi connectivity index (χ1n) is 6.02. The van der Waals surface area contributed by atoms with Gasteiger partial charge in [-0.25, -0.2) is 0 Å².